The summed E-state index contributed by atoms with van der Waals surface area (Å²) >= 11 is 0. The lowest BCUT2D eigenvalue weighted by Crippen LogP contribution is -2.04. The Morgan fingerprint density at radius 3 is 2.42 bits per heavy atom. The number of primary amides is 1. The van der Waals surface area contributed by atoms with Gasteiger partial charge >= 0.3 is 0 Å². The number of phenolic OH excluding ortho intramolecular Hbond substituents is 1. The molecule has 3 nitrogen and oxygen atoms in total. The summed E-state index contributed by atoms with van der Waals surface area (Å²) < 4.78 is 0. The van der Waals surface area contributed by atoms with Gasteiger partial charge in [-0.2, -0.15) is 0 Å². The first kappa shape index (κ1) is 8.33. The van der Waals surface area contributed by atoms with Crippen molar-refractivity contribution < 1.29 is 9.90 Å². The smallest absolute Gasteiger partial charge is 0.241 e. The van der Waals surface area contributed by atoms with Gasteiger partial charge in [0.2, 0.25) is 5.91 Å². The van der Waals surface area contributed by atoms with E-state index in [0.717, 1.165) is 5.56 Å². The Morgan fingerprint density at radius 2 is 1.92 bits per heavy atom. The number of carbonyl (C=O) groups is 1. The first-order chi connectivity index (χ1) is 5.68. The highest BCUT2D eigenvalue weighted by atomic mass is 16.3. The van der Waals surface area contributed by atoms with Crippen LogP contribution in [0.3, 0.4) is 0 Å². The summed E-state index contributed by atoms with van der Waals surface area (Å²) in [6.45, 7) is 0. The van der Waals surface area contributed by atoms with Crippen LogP contribution in [0.15, 0.2) is 30.3 Å². The third kappa shape index (κ3) is 2.46. The molecule has 0 bridgehead atoms. The minimum Gasteiger partial charge on any atom is -0.508 e. The van der Waals surface area contributed by atoms with Gasteiger partial charge in [-0.15, -0.1) is 0 Å². The molecule has 0 aliphatic heterocycles. The van der Waals surface area contributed by atoms with E-state index >= 15 is 0 Å². The van der Waals surface area contributed by atoms with Crippen LogP contribution in [0.5, 0.6) is 5.75 Å². The normalized spacial score (nSPS) is 10.3. The largest absolute Gasteiger partial charge is 0.508 e. The van der Waals surface area contributed by atoms with Gasteiger partial charge < -0.3 is 10.8 Å². The Kier molecular flexibility index (Phi) is 2.48. The molecule has 1 rings (SSSR count). The molecule has 0 aliphatic rings. The molecule has 0 saturated carbocycles. The summed E-state index contributed by atoms with van der Waals surface area (Å²) in [4.78, 5) is 10.3. The van der Waals surface area contributed by atoms with Gasteiger partial charge in [0, 0.05) is 6.08 Å². The maximum absolute atomic E-state index is 10.3. The van der Waals surface area contributed by atoms with Crippen molar-refractivity contribution in [2.75, 3.05) is 0 Å². The van der Waals surface area contributed by atoms with Crippen molar-refractivity contribution in [3.05, 3.63) is 35.9 Å². The number of amides is 1. The van der Waals surface area contributed by atoms with E-state index in [1.807, 2.05) is 0 Å². The fraction of sp³-hybridized carbons (Fsp3) is 0. The lowest BCUT2D eigenvalue weighted by Gasteiger charge is -1.92. The lowest BCUT2D eigenvalue weighted by molar-refractivity contribution is -0.113. The molecule has 1 amide bonds. The number of aromatic hydroxyl groups is 1. The SMILES string of the molecule is NC(=O)/C=C/c1ccc(O)cc1. The molecule has 0 saturated heterocycles. The summed E-state index contributed by atoms with van der Waals surface area (Å²) in [5, 5.41) is 8.92. The Bertz CT molecular complexity index is 301. The molecule has 1 aromatic rings. The number of hydrogen-bond donors (Lipinski definition) is 2. The Hall–Kier alpha value is -1.77. The van der Waals surface area contributed by atoms with E-state index < -0.39 is 5.91 Å². The van der Waals surface area contributed by atoms with Crippen LogP contribution in [-0.4, -0.2) is 11.0 Å². The van der Waals surface area contributed by atoms with Crippen molar-refractivity contribution in [3.63, 3.8) is 0 Å². The van der Waals surface area contributed by atoms with Crippen LogP contribution in [-0.2, 0) is 4.79 Å². The van der Waals surface area contributed by atoms with Crippen LogP contribution in [0.1, 0.15) is 5.56 Å². The molecule has 0 heterocycles. The van der Waals surface area contributed by atoms with Gasteiger partial charge in [-0.3, -0.25) is 4.79 Å². The third-order valence-electron chi connectivity index (χ3n) is 1.33. The molecule has 62 valence electrons. The van der Waals surface area contributed by atoms with Gasteiger partial charge in [0.1, 0.15) is 5.75 Å². The van der Waals surface area contributed by atoms with Gasteiger partial charge in [0.15, 0.2) is 0 Å². The number of nitrogens with two attached hydrogens (primary N) is 1. The number of carbonyl (C=O) groups excluding carboxylic acids is 1. The molecule has 3 N–H and O–H groups in total. The minimum atomic E-state index is -0.483. The summed E-state index contributed by atoms with van der Waals surface area (Å²) in [5.74, 6) is -0.283. The fourth-order valence-electron chi connectivity index (χ4n) is 0.764. The molecule has 1 aromatic carbocycles. The summed E-state index contributed by atoms with van der Waals surface area (Å²) in [6.07, 6.45) is 2.86. The highest BCUT2D eigenvalue weighted by Crippen LogP contribution is 2.10. The molecule has 0 aliphatic carbocycles. The van der Waals surface area contributed by atoms with E-state index in [1.54, 1.807) is 30.3 Å². The van der Waals surface area contributed by atoms with Gasteiger partial charge in [-0.25, -0.2) is 0 Å². The first-order valence-electron chi connectivity index (χ1n) is 3.45. The predicted octanol–water partition coefficient (Wildman–Crippen LogP) is 0.891. The third-order valence-corrected chi connectivity index (χ3v) is 1.33. The second-order valence-electron chi connectivity index (χ2n) is 2.33. The standard InChI is InChI=1S/C9H9NO2/c10-9(12)6-3-7-1-4-8(11)5-2-7/h1-6,11H,(H2,10,12)/b6-3+. The quantitative estimate of drug-likeness (QED) is 0.636. The second kappa shape index (κ2) is 3.57. The fourth-order valence-corrected chi connectivity index (χ4v) is 0.764. The topological polar surface area (TPSA) is 63.3 Å². The monoisotopic (exact) mass is 163 g/mol. The van der Waals surface area contributed by atoms with Crippen LogP contribution in [0, 0.1) is 0 Å². The second-order valence-corrected chi connectivity index (χ2v) is 2.33. The Labute approximate surface area is 70.1 Å². The van der Waals surface area contributed by atoms with Crippen molar-refractivity contribution >= 4 is 12.0 Å². The molecule has 0 spiro atoms. The van der Waals surface area contributed by atoms with E-state index in [1.165, 1.54) is 6.08 Å². The Morgan fingerprint density at radius 1 is 1.33 bits per heavy atom. The van der Waals surface area contributed by atoms with E-state index in [2.05, 4.69) is 0 Å². The summed E-state index contributed by atoms with van der Waals surface area (Å²) in [5.41, 5.74) is 5.72. The molecular weight excluding hydrogens is 154 g/mol. The predicted molar refractivity (Wildman–Crippen MR) is 46.3 cm³/mol. The molecule has 0 radical (unpaired) electrons. The zero-order chi connectivity index (χ0) is 8.97. The maximum atomic E-state index is 10.3. The van der Waals surface area contributed by atoms with Gasteiger partial charge in [-0.1, -0.05) is 12.1 Å². The molecule has 0 fully saturated rings. The molecule has 3 heteroatoms. The first-order valence-corrected chi connectivity index (χ1v) is 3.45. The summed E-state index contributed by atoms with van der Waals surface area (Å²) in [7, 11) is 0. The van der Waals surface area contributed by atoms with E-state index in [-0.39, 0.29) is 5.75 Å². The van der Waals surface area contributed by atoms with E-state index in [0.29, 0.717) is 0 Å². The van der Waals surface area contributed by atoms with Crippen LogP contribution in [0.25, 0.3) is 6.08 Å². The number of phenols is 1. The van der Waals surface area contributed by atoms with Crippen LogP contribution < -0.4 is 5.73 Å². The molecular formula is C9H9NO2. The molecule has 0 aromatic heterocycles. The average Bonchev–Trinajstić information content (AvgIpc) is 2.03. The maximum Gasteiger partial charge on any atom is 0.241 e. The molecule has 0 atom stereocenters. The van der Waals surface area contributed by atoms with E-state index in [4.69, 9.17) is 10.8 Å². The van der Waals surface area contributed by atoms with Crippen molar-refractivity contribution in [1.29, 1.82) is 0 Å². The number of benzene rings is 1. The molecule has 12 heavy (non-hydrogen) atoms. The van der Waals surface area contributed by atoms with Gasteiger partial charge in [0.05, 0.1) is 0 Å². The van der Waals surface area contributed by atoms with Crippen molar-refractivity contribution in [2.24, 2.45) is 5.73 Å². The van der Waals surface area contributed by atoms with Gasteiger partial charge in [-0.05, 0) is 23.8 Å². The zero-order valence-electron chi connectivity index (χ0n) is 6.40. The highest BCUT2D eigenvalue weighted by molar-refractivity contribution is 5.90. The number of hydrogen-bond acceptors (Lipinski definition) is 2. The summed E-state index contributed by atoms with van der Waals surface area (Å²) in [6, 6.07) is 6.46. The highest BCUT2D eigenvalue weighted by Gasteiger charge is 1.88. The Balaban J connectivity index is 2.77. The van der Waals surface area contributed by atoms with Gasteiger partial charge in [0.25, 0.3) is 0 Å². The average molecular weight is 163 g/mol. The van der Waals surface area contributed by atoms with Crippen molar-refractivity contribution in [3.8, 4) is 5.75 Å². The van der Waals surface area contributed by atoms with Crippen molar-refractivity contribution in [2.45, 2.75) is 0 Å². The molecule has 0 unspecified atom stereocenters. The van der Waals surface area contributed by atoms with E-state index in [9.17, 15) is 4.79 Å². The van der Waals surface area contributed by atoms with Crippen molar-refractivity contribution in [1.82, 2.24) is 0 Å². The number of rotatable bonds is 2. The van der Waals surface area contributed by atoms with Crippen LogP contribution in [0.2, 0.25) is 0 Å². The van der Waals surface area contributed by atoms with Crippen LogP contribution >= 0.6 is 0 Å². The lowest BCUT2D eigenvalue weighted by atomic mass is 10.2. The minimum absolute atomic E-state index is 0.200. The van der Waals surface area contributed by atoms with Crippen LogP contribution in [0.4, 0.5) is 0 Å². The zero-order valence-corrected chi connectivity index (χ0v) is 6.40.